The number of benzene rings is 1. The van der Waals surface area contributed by atoms with Crippen LogP contribution < -0.4 is 0 Å². The van der Waals surface area contributed by atoms with Gasteiger partial charge in [0.05, 0.1) is 28.5 Å². The smallest absolute Gasteiger partial charge is 0.290 e. The zero-order valence-corrected chi connectivity index (χ0v) is 18.8. The second-order valence-corrected chi connectivity index (χ2v) is 11.1. The highest BCUT2D eigenvalue weighted by Gasteiger charge is 2.45. The van der Waals surface area contributed by atoms with Gasteiger partial charge in [0, 0.05) is 13.7 Å². The number of nitrogens with zero attached hydrogens (tertiary/aromatic N) is 2. The first-order chi connectivity index (χ1) is 14.2. The molecule has 2 aromatic rings. The van der Waals surface area contributed by atoms with E-state index >= 15 is 0 Å². The largest absolute Gasteiger partial charge is 0.383 e. The molecular weight excluding hydrogens is 434 g/mol. The zero-order valence-electron chi connectivity index (χ0n) is 17.2. The fourth-order valence-corrected chi connectivity index (χ4v) is 6.05. The SMILES string of the molecule is COCCn1nc(SC(F)F)cc1C1CC(C)(S(=O)(=O)c2cccc(C)c2)CCO1. The lowest BCUT2D eigenvalue weighted by atomic mass is 9.95. The first-order valence-electron chi connectivity index (χ1n) is 9.61. The highest BCUT2D eigenvalue weighted by molar-refractivity contribution is 7.99. The number of thioether (sulfide) groups is 1. The molecule has 0 bridgehead atoms. The van der Waals surface area contributed by atoms with Crippen molar-refractivity contribution in [2.24, 2.45) is 0 Å². The normalized spacial score (nSPS) is 22.5. The Morgan fingerprint density at radius 3 is 2.83 bits per heavy atom. The van der Waals surface area contributed by atoms with Gasteiger partial charge in [0.2, 0.25) is 0 Å². The van der Waals surface area contributed by atoms with E-state index in [4.69, 9.17) is 9.47 Å². The van der Waals surface area contributed by atoms with Crippen LogP contribution in [0.2, 0.25) is 0 Å². The van der Waals surface area contributed by atoms with E-state index in [2.05, 4.69) is 5.10 Å². The van der Waals surface area contributed by atoms with Crippen molar-refractivity contribution in [2.75, 3.05) is 20.3 Å². The molecule has 166 valence electrons. The van der Waals surface area contributed by atoms with E-state index in [9.17, 15) is 17.2 Å². The van der Waals surface area contributed by atoms with Crippen LogP contribution in [0.25, 0.3) is 0 Å². The van der Waals surface area contributed by atoms with Crippen LogP contribution in [0.1, 0.15) is 37.1 Å². The van der Waals surface area contributed by atoms with Gasteiger partial charge >= 0.3 is 0 Å². The Kier molecular flexibility index (Phi) is 7.21. The van der Waals surface area contributed by atoms with Crippen LogP contribution in [0.4, 0.5) is 8.78 Å². The number of methoxy groups -OCH3 is 1. The van der Waals surface area contributed by atoms with E-state index in [1.165, 1.54) is 0 Å². The lowest BCUT2D eigenvalue weighted by molar-refractivity contribution is -0.00538. The average molecular weight is 461 g/mol. The molecule has 1 aliphatic rings. The third-order valence-electron chi connectivity index (χ3n) is 5.35. The number of sulfone groups is 1. The van der Waals surface area contributed by atoms with E-state index in [1.807, 2.05) is 13.0 Å². The van der Waals surface area contributed by atoms with E-state index in [0.29, 0.717) is 37.0 Å². The van der Waals surface area contributed by atoms with E-state index in [1.54, 1.807) is 43.0 Å². The van der Waals surface area contributed by atoms with Crippen LogP contribution in [0, 0.1) is 6.92 Å². The fraction of sp³-hybridized carbons (Fsp3) is 0.550. The molecule has 2 atom stereocenters. The minimum Gasteiger partial charge on any atom is -0.383 e. The molecule has 2 unspecified atom stereocenters. The van der Waals surface area contributed by atoms with Crippen molar-refractivity contribution < 1.29 is 26.7 Å². The highest BCUT2D eigenvalue weighted by Crippen LogP contribution is 2.42. The molecule has 1 aromatic carbocycles. The third kappa shape index (κ3) is 4.87. The first kappa shape index (κ1) is 23.2. The minimum absolute atomic E-state index is 0.175. The molecule has 30 heavy (non-hydrogen) atoms. The molecule has 0 spiro atoms. The number of aryl methyl sites for hydroxylation is 1. The summed E-state index contributed by atoms with van der Waals surface area (Å²) < 4.78 is 64.1. The summed E-state index contributed by atoms with van der Waals surface area (Å²) in [7, 11) is -2.08. The molecule has 0 N–H and O–H groups in total. The monoisotopic (exact) mass is 460 g/mol. The Bertz CT molecular complexity index is 981. The van der Waals surface area contributed by atoms with Gasteiger partial charge in [-0.1, -0.05) is 12.1 Å². The van der Waals surface area contributed by atoms with E-state index < -0.39 is 26.4 Å². The number of rotatable bonds is 8. The molecule has 1 aliphatic heterocycles. The van der Waals surface area contributed by atoms with Gasteiger partial charge in [-0.15, -0.1) is 0 Å². The maximum absolute atomic E-state index is 13.4. The van der Waals surface area contributed by atoms with Gasteiger partial charge in [0.15, 0.2) is 9.84 Å². The van der Waals surface area contributed by atoms with Crippen molar-refractivity contribution in [2.45, 2.75) is 59.8 Å². The Balaban J connectivity index is 1.92. The summed E-state index contributed by atoms with van der Waals surface area (Å²) in [5.41, 5.74) is 1.45. The van der Waals surface area contributed by atoms with E-state index in [-0.39, 0.29) is 22.9 Å². The van der Waals surface area contributed by atoms with E-state index in [0.717, 1.165) is 5.56 Å². The molecule has 0 amide bonds. The predicted octanol–water partition coefficient (Wildman–Crippen LogP) is 4.24. The van der Waals surface area contributed by atoms with Crippen LogP contribution in [0.15, 0.2) is 40.3 Å². The molecule has 3 rings (SSSR count). The van der Waals surface area contributed by atoms with Gasteiger partial charge in [-0.05, 0) is 62.2 Å². The van der Waals surface area contributed by atoms with Crippen molar-refractivity contribution in [3.05, 3.63) is 41.6 Å². The number of hydrogen-bond acceptors (Lipinski definition) is 6. The average Bonchev–Trinajstić information content (AvgIpc) is 3.08. The van der Waals surface area contributed by atoms with Gasteiger partial charge in [-0.3, -0.25) is 4.68 Å². The Morgan fingerprint density at radius 1 is 1.40 bits per heavy atom. The van der Waals surface area contributed by atoms with Gasteiger partial charge in [0.1, 0.15) is 11.1 Å². The van der Waals surface area contributed by atoms with Gasteiger partial charge in [-0.2, -0.15) is 13.9 Å². The standard InChI is InChI=1S/C20H26F2N2O4S2/c1-14-5-4-6-15(11-14)30(25,26)20(2)7-9-28-17(13-20)16-12-18(29-19(21)22)23-24(16)8-10-27-3/h4-6,11-12,17,19H,7-10,13H2,1-3H3. The van der Waals surface area contributed by atoms with Crippen molar-refractivity contribution in [3.63, 3.8) is 0 Å². The Labute approximate surface area is 179 Å². The first-order valence-corrected chi connectivity index (χ1v) is 12.0. The molecule has 1 fully saturated rings. The lowest BCUT2D eigenvalue weighted by Crippen LogP contribution is -2.42. The lowest BCUT2D eigenvalue weighted by Gasteiger charge is -2.37. The van der Waals surface area contributed by atoms with Crippen LogP contribution in [0.5, 0.6) is 0 Å². The molecule has 0 saturated carbocycles. The molecule has 1 aromatic heterocycles. The van der Waals surface area contributed by atoms with Crippen LogP contribution in [-0.2, 0) is 25.9 Å². The van der Waals surface area contributed by atoms with Crippen molar-refractivity contribution in [1.29, 1.82) is 0 Å². The number of alkyl halides is 2. The minimum atomic E-state index is -3.63. The molecular formula is C20H26F2N2O4S2. The molecule has 1 saturated heterocycles. The van der Waals surface area contributed by atoms with Crippen molar-refractivity contribution >= 4 is 21.6 Å². The highest BCUT2D eigenvalue weighted by atomic mass is 32.2. The van der Waals surface area contributed by atoms with Gasteiger partial charge in [0.25, 0.3) is 5.76 Å². The van der Waals surface area contributed by atoms with Crippen LogP contribution in [0.3, 0.4) is 0 Å². The Morgan fingerprint density at radius 2 is 2.17 bits per heavy atom. The summed E-state index contributed by atoms with van der Waals surface area (Å²) >= 11 is 0.355. The number of hydrogen-bond donors (Lipinski definition) is 0. The second kappa shape index (κ2) is 9.33. The maximum Gasteiger partial charge on any atom is 0.290 e. The maximum atomic E-state index is 13.4. The predicted molar refractivity (Wildman–Crippen MR) is 111 cm³/mol. The van der Waals surface area contributed by atoms with Crippen molar-refractivity contribution in [1.82, 2.24) is 9.78 Å². The molecule has 0 aliphatic carbocycles. The zero-order chi connectivity index (χ0) is 21.9. The number of halogens is 2. The summed E-state index contributed by atoms with van der Waals surface area (Å²) in [6.45, 7) is 4.53. The molecule has 2 heterocycles. The van der Waals surface area contributed by atoms with Gasteiger partial charge < -0.3 is 9.47 Å². The quantitative estimate of drug-likeness (QED) is 0.549. The summed E-state index contributed by atoms with van der Waals surface area (Å²) in [5.74, 6) is -2.59. The summed E-state index contributed by atoms with van der Waals surface area (Å²) in [4.78, 5) is 0.285. The molecule has 10 heteroatoms. The second-order valence-electron chi connectivity index (χ2n) is 7.59. The van der Waals surface area contributed by atoms with Crippen molar-refractivity contribution in [3.8, 4) is 0 Å². The topological polar surface area (TPSA) is 70.4 Å². The van der Waals surface area contributed by atoms with Crippen LogP contribution >= 0.6 is 11.8 Å². The number of ether oxygens (including phenoxy) is 2. The fourth-order valence-electron chi connectivity index (χ4n) is 3.64. The summed E-state index contributed by atoms with van der Waals surface area (Å²) in [6, 6.07) is 8.42. The van der Waals surface area contributed by atoms with Crippen LogP contribution in [-0.4, -0.2) is 49.0 Å². The summed E-state index contributed by atoms with van der Waals surface area (Å²) in [5, 5.41) is 4.41. The third-order valence-corrected chi connectivity index (χ3v) is 8.51. The summed E-state index contributed by atoms with van der Waals surface area (Å²) in [6.07, 6.45) is -0.00884. The van der Waals surface area contributed by atoms with Gasteiger partial charge in [-0.25, -0.2) is 8.42 Å². The molecule has 0 radical (unpaired) electrons. The molecule has 6 nitrogen and oxygen atoms in total. The Hall–Kier alpha value is -1.49. The number of aromatic nitrogens is 2.